The largest absolute Gasteiger partial charge is 0.494 e. The molecule has 0 saturated carbocycles. The van der Waals surface area contributed by atoms with Gasteiger partial charge < -0.3 is 34.6 Å². The first-order valence-electron chi connectivity index (χ1n) is 16.9. The summed E-state index contributed by atoms with van der Waals surface area (Å²) in [5.74, 6) is 1.59. The molecule has 3 atom stereocenters. The number of carbonyl (C=O) groups is 2. The first-order chi connectivity index (χ1) is 22.5. The maximum absolute atomic E-state index is 13.7. The maximum Gasteiger partial charge on any atom is 0.254 e. The number of nitrogens with zero attached hydrogens (tertiary/aromatic N) is 5. The number of aryl methyl sites for hydroxylation is 2. The Morgan fingerprint density at radius 2 is 1.87 bits per heavy atom. The minimum absolute atomic E-state index is 0.0601. The smallest absolute Gasteiger partial charge is 0.254 e. The highest BCUT2D eigenvalue weighted by Crippen LogP contribution is 2.35. The molecule has 2 aliphatic heterocycles. The van der Waals surface area contributed by atoms with Gasteiger partial charge in [0, 0.05) is 62.1 Å². The minimum atomic E-state index is -0.421. The third-order valence-electron chi connectivity index (χ3n) is 10.2. The fourth-order valence-electron chi connectivity index (χ4n) is 7.20. The van der Waals surface area contributed by atoms with Crippen LogP contribution >= 0.6 is 0 Å². The lowest BCUT2D eigenvalue weighted by Crippen LogP contribution is -2.51. The van der Waals surface area contributed by atoms with Gasteiger partial charge in [-0.2, -0.15) is 0 Å². The summed E-state index contributed by atoms with van der Waals surface area (Å²) in [5, 5.41) is 4.22. The van der Waals surface area contributed by atoms with Crippen molar-refractivity contribution in [3.05, 3.63) is 41.6 Å². The highest BCUT2D eigenvalue weighted by atomic mass is 16.5. The molecular weight excluding hydrogens is 594 g/mol. The van der Waals surface area contributed by atoms with Crippen molar-refractivity contribution in [3.8, 4) is 17.3 Å². The molecule has 3 aromatic heterocycles. The van der Waals surface area contributed by atoms with Crippen LogP contribution in [0.3, 0.4) is 0 Å². The van der Waals surface area contributed by atoms with Crippen molar-refractivity contribution < 1.29 is 19.1 Å². The Morgan fingerprint density at radius 1 is 1.09 bits per heavy atom. The summed E-state index contributed by atoms with van der Waals surface area (Å²) < 4.78 is 15.5. The molecule has 0 spiro atoms. The molecule has 5 heterocycles. The molecule has 11 heteroatoms. The molecule has 11 nitrogen and oxygen atoms in total. The van der Waals surface area contributed by atoms with E-state index in [-0.39, 0.29) is 29.8 Å². The summed E-state index contributed by atoms with van der Waals surface area (Å²) in [4.78, 5) is 38.9. The number of pyridine rings is 1. The summed E-state index contributed by atoms with van der Waals surface area (Å²) >= 11 is 0. The van der Waals surface area contributed by atoms with Gasteiger partial charge in [0.25, 0.3) is 5.91 Å². The summed E-state index contributed by atoms with van der Waals surface area (Å²) in [5.41, 5.74) is 10.7. The van der Waals surface area contributed by atoms with E-state index in [2.05, 4.69) is 22.0 Å². The predicted molar refractivity (Wildman–Crippen MR) is 183 cm³/mol. The fraction of sp³-hybridized carbons (Fsp3) is 0.556. The van der Waals surface area contributed by atoms with Crippen LogP contribution < -0.4 is 15.8 Å². The Balaban J connectivity index is 1.39. The molecule has 3 N–H and O–H groups in total. The molecule has 2 bridgehead atoms. The summed E-state index contributed by atoms with van der Waals surface area (Å²) in [6, 6.07) is 9.54. The topological polar surface area (TPSA) is 130 Å². The molecule has 1 saturated heterocycles. The number of nitrogens with two attached hydrogens (primary N) is 1. The number of aromatic nitrogens is 4. The molecule has 6 rings (SSSR count). The van der Waals surface area contributed by atoms with E-state index in [0.717, 1.165) is 78.8 Å². The molecule has 4 aromatic rings. The average molecular weight is 644 g/mol. The van der Waals surface area contributed by atoms with Crippen LogP contribution in [0.25, 0.3) is 33.6 Å². The van der Waals surface area contributed by atoms with Gasteiger partial charge in [-0.3, -0.25) is 9.59 Å². The van der Waals surface area contributed by atoms with Crippen LogP contribution in [0.4, 0.5) is 0 Å². The lowest BCUT2D eigenvalue weighted by atomic mass is 9.85. The van der Waals surface area contributed by atoms with Crippen molar-refractivity contribution in [1.29, 1.82) is 0 Å². The number of hydrogen-bond donors (Lipinski definition) is 2. The highest BCUT2D eigenvalue weighted by Gasteiger charge is 2.31. The fourth-order valence-corrected chi connectivity index (χ4v) is 7.20. The van der Waals surface area contributed by atoms with E-state index in [1.165, 1.54) is 0 Å². The average Bonchev–Trinajstić information content (AvgIpc) is 3.58. The van der Waals surface area contributed by atoms with Gasteiger partial charge in [-0.1, -0.05) is 33.1 Å². The summed E-state index contributed by atoms with van der Waals surface area (Å²) in [7, 11) is 5.30. The SMILES string of the molecule is COC[C@H]1CCN(C(=O)c2cc(OC)c3c(c2)nc(-c2cc4ccc5nc4n2CCCCCCC(C)(C)C(=O)N[C@@H]5C)n3C)C[C@@H]1N. The van der Waals surface area contributed by atoms with Crippen molar-refractivity contribution in [2.24, 2.45) is 24.1 Å². The van der Waals surface area contributed by atoms with Crippen LogP contribution in [0.15, 0.2) is 30.3 Å². The molecule has 47 heavy (non-hydrogen) atoms. The second-order valence-electron chi connectivity index (χ2n) is 14.0. The Morgan fingerprint density at radius 3 is 2.62 bits per heavy atom. The number of nitrogens with one attached hydrogen (secondary N) is 1. The van der Waals surface area contributed by atoms with Gasteiger partial charge in [-0.25, -0.2) is 9.97 Å². The Bertz CT molecular complexity index is 1790. The number of piperidine rings is 1. The van der Waals surface area contributed by atoms with Crippen LogP contribution in [0, 0.1) is 11.3 Å². The zero-order valence-corrected chi connectivity index (χ0v) is 28.6. The second kappa shape index (κ2) is 13.3. The Labute approximate surface area is 276 Å². The first kappa shape index (κ1) is 33.0. The minimum Gasteiger partial charge on any atom is -0.494 e. The van der Waals surface area contributed by atoms with E-state index < -0.39 is 5.41 Å². The van der Waals surface area contributed by atoms with Crippen LogP contribution in [0.1, 0.15) is 81.4 Å². The van der Waals surface area contributed by atoms with Gasteiger partial charge in [-0.15, -0.1) is 0 Å². The number of rotatable bonds is 5. The van der Waals surface area contributed by atoms with Crippen LogP contribution in [0.5, 0.6) is 5.75 Å². The zero-order chi connectivity index (χ0) is 33.5. The van der Waals surface area contributed by atoms with Crippen molar-refractivity contribution in [3.63, 3.8) is 0 Å². The molecular formula is C36H49N7O4. The van der Waals surface area contributed by atoms with Crippen molar-refractivity contribution in [2.45, 2.75) is 77.9 Å². The predicted octanol–water partition coefficient (Wildman–Crippen LogP) is 5.20. The van der Waals surface area contributed by atoms with Gasteiger partial charge >= 0.3 is 0 Å². The molecule has 2 amide bonds. The number of amides is 2. The number of likely N-dealkylation sites (tertiary alicyclic amines) is 1. The summed E-state index contributed by atoms with van der Waals surface area (Å²) in [6.07, 6.45) is 5.77. The monoisotopic (exact) mass is 643 g/mol. The van der Waals surface area contributed by atoms with Crippen molar-refractivity contribution in [1.82, 2.24) is 29.3 Å². The highest BCUT2D eigenvalue weighted by molar-refractivity contribution is 6.00. The zero-order valence-electron chi connectivity index (χ0n) is 28.6. The first-order valence-corrected chi connectivity index (χ1v) is 16.9. The van der Waals surface area contributed by atoms with Gasteiger partial charge in [-0.05, 0) is 56.5 Å². The van der Waals surface area contributed by atoms with E-state index in [0.29, 0.717) is 36.5 Å². The van der Waals surface area contributed by atoms with E-state index in [4.69, 9.17) is 25.2 Å². The van der Waals surface area contributed by atoms with Crippen LogP contribution in [-0.4, -0.2) is 75.8 Å². The maximum atomic E-state index is 13.7. The van der Waals surface area contributed by atoms with E-state index in [9.17, 15) is 9.59 Å². The molecule has 2 aliphatic rings. The molecule has 0 radical (unpaired) electrons. The lowest BCUT2D eigenvalue weighted by molar-refractivity contribution is -0.130. The van der Waals surface area contributed by atoms with Gasteiger partial charge in [0.05, 0.1) is 36.7 Å². The van der Waals surface area contributed by atoms with Gasteiger partial charge in [0.1, 0.15) is 16.9 Å². The Kier molecular flexibility index (Phi) is 9.31. The van der Waals surface area contributed by atoms with Crippen molar-refractivity contribution in [2.75, 3.05) is 33.9 Å². The number of ether oxygens (including phenoxy) is 2. The number of carbonyl (C=O) groups excluding carboxylic acids is 2. The normalized spacial score (nSPS) is 22.4. The number of fused-ring (bicyclic) bond motifs is 2. The van der Waals surface area contributed by atoms with Crippen LogP contribution in [0.2, 0.25) is 0 Å². The molecule has 0 unspecified atom stereocenters. The second-order valence-corrected chi connectivity index (χ2v) is 14.0. The molecule has 0 aliphatic carbocycles. The third-order valence-corrected chi connectivity index (χ3v) is 10.2. The number of imidazole rings is 1. The molecule has 1 aromatic carbocycles. The molecule has 1 fully saturated rings. The molecule has 252 valence electrons. The number of hydrogen-bond acceptors (Lipinski definition) is 7. The lowest BCUT2D eigenvalue weighted by Gasteiger charge is -2.36. The quantitative estimate of drug-likeness (QED) is 0.306. The summed E-state index contributed by atoms with van der Waals surface area (Å²) in [6.45, 7) is 8.56. The van der Waals surface area contributed by atoms with Gasteiger partial charge in [0.2, 0.25) is 5.91 Å². The van der Waals surface area contributed by atoms with Crippen molar-refractivity contribution >= 4 is 33.9 Å². The standard InChI is InChI=1S/C36H49N7O4/c1-22-27-12-11-23-18-29(43(32(23)39-27)15-10-8-7-9-14-36(2,3)35(45)38-22)33-40-28-17-25(19-30(47-6)31(28)41(33)4)34(44)42-16-13-24(21-46-5)26(37)20-42/h11-12,17-19,22,24,26H,7-10,13-16,20-21,37H2,1-6H3,(H,38,45)/t22-,24-,26+/m1/s1. The number of benzene rings is 1. The van der Waals surface area contributed by atoms with E-state index in [1.54, 1.807) is 14.2 Å². The Hall–Kier alpha value is -3.96. The van der Waals surface area contributed by atoms with E-state index >= 15 is 0 Å². The third kappa shape index (κ3) is 6.35. The van der Waals surface area contributed by atoms with Crippen LogP contribution in [-0.2, 0) is 23.1 Å². The van der Waals surface area contributed by atoms with Gasteiger partial charge in [0.15, 0.2) is 5.82 Å². The number of methoxy groups -OCH3 is 2. The van der Waals surface area contributed by atoms with E-state index in [1.807, 2.05) is 55.5 Å².